The molecular formula is C20H21FN6O3S. The molecule has 4 N–H and O–H groups in total. The van der Waals surface area contributed by atoms with E-state index in [1.165, 1.54) is 12.1 Å². The number of alkyl halides is 1. The first kappa shape index (κ1) is 19.9. The lowest BCUT2D eigenvalue weighted by atomic mass is 9.79. The predicted molar refractivity (Wildman–Crippen MR) is 112 cm³/mol. The molecule has 1 aliphatic heterocycles. The second-order valence-electron chi connectivity index (χ2n) is 8.00. The molecule has 0 bridgehead atoms. The van der Waals surface area contributed by atoms with E-state index in [1.807, 2.05) is 0 Å². The fourth-order valence-corrected chi connectivity index (χ4v) is 5.09. The summed E-state index contributed by atoms with van der Waals surface area (Å²) in [5.74, 6) is -0.0551. The number of sulfonamides is 1. The Balaban J connectivity index is 1.57. The molecule has 1 unspecified atom stereocenters. The number of carbonyl (C=O) groups is 1. The van der Waals surface area contributed by atoms with Gasteiger partial charge >= 0.3 is 0 Å². The van der Waals surface area contributed by atoms with Gasteiger partial charge in [-0.3, -0.25) is 4.79 Å². The van der Waals surface area contributed by atoms with Crippen LogP contribution >= 0.6 is 0 Å². The van der Waals surface area contributed by atoms with Gasteiger partial charge < -0.3 is 15.2 Å². The van der Waals surface area contributed by atoms with Crippen molar-refractivity contribution < 1.29 is 17.6 Å². The Labute approximate surface area is 177 Å². The Kier molecular flexibility index (Phi) is 4.48. The third kappa shape index (κ3) is 3.24. The normalized spacial score (nSPS) is 20.5. The molecular weight excluding hydrogens is 423 g/mol. The summed E-state index contributed by atoms with van der Waals surface area (Å²) in [6.45, 7) is 0. The number of hydrogen-bond acceptors (Lipinski definition) is 6. The first-order valence-corrected chi connectivity index (χ1v) is 11.6. The Morgan fingerprint density at radius 3 is 2.58 bits per heavy atom. The van der Waals surface area contributed by atoms with Crippen molar-refractivity contribution >= 4 is 38.6 Å². The third-order valence-corrected chi connectivity index (χ3v) is 6.99. The van der Waals surface area contributed by atoms with E-state index in [4.69, 9.17) is 5.14 Å². The zero-order valence-electron chi connectivity index (χ0n) is 16.5. The summed E-state index contributed by atoms with van der Waals surface area (Å²) in [5.41, 5.74) is 0.583. The smallest absolute Gasteiger partial charge is 0.248 e. The van der Waals surface area contributed by atoms with Gasteiger partial charge in [0.2, 0.25) is 28.2 Å². The number of nitrogens with one attached hydrogen (secondary N) is 2. The summed E-state index contributed by atoms with van der Waals surface area (Å²) < 4.78 is 39.3. The fourth-order valence-electron chi connectivity index (χ4n) is 4.58. The first-order chi connectivity index (χ1) is 14.8. The highest BCUT2D eigenvalue weighted by atomic mass is 32.2. The lowest BCUT2D eigenvalue weighted by molar-refractivity contribution is -0.136. The number of nitrogens with zero attached hydrogens (tertiary/aromatic N) is 3. The molecule has 3 heterocycles. The molecule has 1 atom stereocenters. The third-order valence-electron chi connectivity index (χ3n) is 6.06. The molecule has 1 spiro atoms. The Hall–Kier alpha value is -3.05. The van der Waals surface area contributed by atoms with Crippen LogP contribution in [0.25, 0.3) is 11.0 Å². The second kappa shape index (κ2) is 6.99. The lowest BCUT2D eigenvalue weighted by Crippen LogP contribution is -2.55. The highest BCUT2D eigenvalue weighted by Gasteiger charge is 2.48. The van der Waals surface area contributed by atoms with Gasteiger partial charge in [-0.15, -0.1) is 0 Å². The van der Waals surface area contributed by atoms with Crippen LogP contribution in [0.5, 0.6) is 0 Å². The minimum atomic E-state index is -3.79. The molecule has 2 aliphatic rings. The average molecular weight is 444 g/mol. The Bertz CT molecular complexity index is 1280. The summed E-state index contributed by atoms with van der Waals surface area (Å²) in [4.78, 5) is 21.8. The van der Waals surface area contributed by atoms with Crippen molar-refractivity contribution in [3.05, 3.63) is 42.2 Å². The van der Waals surface area contributed by atoms with Gasteiger partial charge in [0.05, 0.1) is 10.6 Å². The molecule has 31 heavy (non-hydrogen) atoms. The minimum Gasteiger partial charge on any atom is -0.324 e. The highest BCUT2D eigenvalue weighted by molar-refractivity contribution is 7.89. The van der Waals surface area contributed by atoms with E-state index in [0.29, 0.717) is 35.3 Å². The minimum absolute atomic E-state index is 0.00526. The quantitative estimate of drug-likeness (QED) is 0.532. The number of benzene rings is 1. The van der Waals surface area contributed by atoms with Crippen LogP contribution in [-0.4, -0.2) is 28.9 Å². The molecule has 2 aromatic heterocycles. The van der Waals surface area contributed by atoms with Gasteiger partial charge in [0, 0.05) is 17.3 Å². The number of fused-ring (bicyclic) bond motifs is 4. The Morgan fingerprint density at radius 2 is 1.90 bits per heavy atom. The van der Waals surface area contributed by atoms with Crippen molar-refractivity contribution in [2.45, 2.75) is 48.8 Å². The van der Waals surface area contributed by atoms with E-state index in [9.17, 15) is 17.6 Å². The van der Waals surface area contributed by atoms with Crippen molar-refractivity contribution in [3.63, 3.8) is 0 Å². The molecule has 1 aliphatic carbocycles. The molecule has 1 saturated carbocycles. The van der Waals surface area contributed by atoms with E-state index in [2.05, 4.69) is 20.6 Å². The SMILES string of the molecule is NS(=O)(=O)c1ccc(Nc2ncc3cc4n(c3n2)C2(CCCCC2)C(=O)NC4F)cc1. The molecule has 162 valence electrons. The maximum Gasteiger partial charge on any atom is 0.248 e. The standard InChI is InChI=1S/C20H21FN6O3S/c21-16-15-10-12-11-23-19(24-13-4-6-14(7-5-13)31(22,29)30)26-17(12)27(15)20(18(28)25-16)8-2-1-3-9-20/h4-7,10-11,16H,1-3,8-9H2,(H,25,28)(H2,22,29,30)(H,23,24,26). The summed E-state index contributed by atoms with van der Waals surface area (Å²) >= 11 is 0. The summed E-state index contributed by atoms with van der Waals surface area (Å²) in [6.07, 6.45) is 4.05. The van der Waals surface area contributed by atoms with Crippen LogP contribution in [0, 0.1) is 0 Å². The molecule has 1 fully saturated rings. The lowest BCUT2D eigenvalue weighted by Gasteiger charge is -2.42. The predicted octanol–water partition coefficient (Wildman–Crippen LogP) is 2.58. The maximum absolute atomic E-state index is 14.7. The van der Waals surface area contributed by atoms with Gasteiger partial charge in [-0.25, -0.2) is 22.9 Å². The number of halogens is 1. The number of primary sulfonamides is 1. The molecule has 9 nitrogen and oxygen atoms in total. The number of carbonyl (C=O) groups excluding carboxylic acids is 1. The molecule has 1 aromatic carbocycles. The zero-order valence-corrected chi connectivity index (χ0v) is 17.3. The summed E-state index contributed by atoms with van der Waals surface area (Å²) in [6, 6.07) is 7.54. The topological polar surface area (TPSA) is 132 Å². The Morgan fingerprint density at radius 1 is 1.19 bits per heavy atom. The second-order valence-corrected chi connectivity index (χ2v) is 9.56. The number of anilines is 2. The largest absolute Gasteiger partial charge is 0.324 e. The van der Waals surface area contributed by atoms with Crippen molar-refractivity contribution in [2.24, 2.45) is 5.14 Å². The van der Waals surface area contributed by atoms with Crippen LogP contribution < -0.4 is 15.8 Å². The molecule has 1 amide bonds. The number of nitrogens with two attached hydrogens (primary N) is 1. The van der Waals surface area contributed by atoms with E-state index in [-0.39, 0.29) is 16.8 Å². The van der Waals surface area contributed by atoms with Crippen molar-refractivity contribution in [2.75, 3.05) is 5.32 Å². The number of amides is 1. The van der Waals surface area contributed by atoms with Crippen LogP contribution in [-0.2, 0) is 20.4 Å². The van der Waals surface area contributed by atoms with E-state index >= 15 is 0 Å². The first-order valence-electron chi connectivity index (χ1n) is 10.0. The summed E-state index contributed by atoms with van der Waals surface area (Å²) in [5, 5.41) is 11.3. The van der Waals surface area contributed by atoms with Crippen molar-refractivity contribution in [1.82, 2.24) is 19.9 Å². The van der Waals surface area contributed by atoms with Crippen LogP contribution in [0.3, 0.4) is 0 Å². The monoisotopic (exact) mass is 444 g/mol. The average Bonchev–Trinajstić information content (AvgIpc) is 3.13. The zero-order chi connectivity index (χ0) is 21.8. The van der Waals surface area contributed by atoms with Crippen LogP contribution in [0.4, 0.5) is 16.0 Å². The van der Waals surface area contributed by atoms with Gasteiger partial charge in [0.25, 0.3) is 0 Å². The van der Waals surface area contributed by atoms with Crippen LogP contribution in [0.15, 0.2) is 41.4 Å². The van der Waals surface area contributed by atoms with Crippen LogP contribution in [0.1, 0.15) is 44.1 Å². The number of hydrogen-bond donors (Lipinski definition) is 3. The van der Waals surface area contributed by atoms with Gasteiger partial charge in [-0.05, 0) is 43.2 Å². The van der Waals surface area contributed by atoms with Gasteiger partial charge in [-0.2, -0.15) is 4.98 Å². The highest BCUT2D eigenvalue weighted by Crippen LogP contribution is 2.43. The maximum atomic E-state index is 14.7. The van der Waals surface area contributed by atoms with Crippen LogP contribution in [0.2, 0.25) is 0 Å². The van der Waals surface area contributed by atoms with E-state index in [0.717, 1.165) is 19.3 Å². The number of aromatic nitrogens is 3. The number of rotatable bonds is 3. The molecule has 3 aromatic rings. The van der Waals surface area contributed by atoms with E-state index in [1.54, 1.807) is 29.0 Å². The van der Waals surface area contributed by atoms with Crippen molar-refractivity contribution in [1.29, 1.82) is 0 Å². The van der Waals surface area contributed by atoms with Gasteiger partial charge in [0.15, 0.2) is 0 Å². The van der Waals surface area contributed by atoms with E-state index < -0.39 is 21.9 Å². The van der Waals surface area contributed by atoms with Gasteiger partial charge in [0.1, 0.15) is 11.2 Å². The molecule has 0 radical (unpaired) electrons. The molecule has 0 saturated heterocycles. The molecule has 5 rings (SSSR count). The fraction of sp³-hybridized carbons (Fsp3) is 0.350. The molecule has 11 heteroatoms. The van der Waals surface area contributed by atoms with Gasteiger partial charge in [-0.1, -0.05) is 19.3 Å². The van der Waals surface area contributed by atoms with Crippen molar-refractivity contribution in [3.8, 4) is 0 Å². The summed E-state index contributed by atoms with van der Waals surface area (Å²) in [7, 11) is -3.79.